The Balaban J connectivity index is 1.49. The minimum atomic E-state index is -0.841. The Morgan fingerprint density at radius 1 is 1.00 bits per heavy atom. The SMILES string of the molecule is CCOC(=O)C1=C(c2ccccc2)N=c2s/c(=C/c3ccccc3OCc3ccc([N+](=O)[O-])cc3)c(=O)n2[C@H]1c1cccc(OC)c1. The van der Waals surface area contributed by atoms with Crippen LogP contribution in [0.5, 0.6) is 11.5 Å². The lowest BCUT2D eigenvalue weighted by atomic mass is 9.93. The summed E-state index contributed by atoms with van der Waals surface area (Å²) in [6.07, 6.45) is 1.74. The largest absolute Gasteiger partial charge is 0.497 e. The second-order valence-corrected chi connectivity index (χ2v) is 11.5. The molecule has 0 radical (unpaired) electrons. The highest BCUT2D eigenvalue weighted by molar-refractivity contribution is 7.07. The molecule has 47 heavy (non-hydrogen) atoms. The number of carbonyl (C=O) groups excluding carboxylic acids is 1. The van der Waals surface area contributed by atoms with Gasteiger partial charge in [-0.2, -0.15) is 0 Å². The van der Waals surface area contributed by atoms with Crippen LogP contribution in [-0.4, -0.2) is 29.2 Å². The predicted molar refractivity (Wildman–Crippen MR) is 178 cm³/mol. The fourth-order valence-corrected chi connectivity index (χ4v) is 6.31. The maximum atomic E-state index is 14.3. The third-order valence-electron chi connectivity index (χ3n) is 7.53. The van der Waals surface area contributed by atoms with Crippen molar-refractivity contribution in [3.63, 3.8) is 0 Å². The van der Waals surface area contributed by atoms with Crippen molar-refractivity contribution in [2.75, 3.05) is 13.7 Å². The lowest BCUT2D eigenvalue weighted by molar-refractivity contribution is -0.384. The molecule has 10 nitrogen and oxygen atoms in total. The molecular formula is C36H29N3O7S. The van der Waals surface area contributed by atoms with E-state index in [1.807, 2.05) is 60.7 Å². The lowest BCUT2D eigenvalue weighted by Gasteiger charge is -2.26. The Morgan fingerprint density at radius 2 is 1.74 bits per heavy atom. The maximum absolute atomic E-state index is 14.3. The number of rotatable bonds is 10. The molecule has 0 N–H and O–H groups in total. The van der Waals surface area contributed by atoms with Gasteiger partial charge in [0.1, 0.15) is 18.1 Å². The summed E-state index contributed by atoms with van der Waals surface area (Å²) in [5.41, 5.74) is 3.13. The Kier molecular flexibility index (Phi) is 9.07. The Bertz CT molecular complexity index is 2170. The molecule has 236 valence electrons. The van der Waals surface area contributed by atoms with E-state index in [0.29, 0.717) is 43.2 Å². The van der Waals surface area contributed by atoms with E-state index in [1.165, 1.54) is 28.0 Å². The quantitative estimate of drug-likeness (QED) is 0.113. The number of hydrogen-bond donors (Lipinski definition) is 0. The van der Waals surface area contributed by atoms with Gasteiger partial charge in [-0.15, -0.1) is 0 Å². The first-order valence-corrected chi connectivity index (χ1v) is 15.6. The summed E-state index contributed by atoms with van der Waals surface area (Å²) in [6.45, 7) is 2.05. The van der Waals surface area contributed by atoms with Gasteiger partial charge < -0.3 is 14.2 Å². The summed E-state index contributed by atoms with van der Waals surface area (Å²) < 4.78 is 19.0. The van der Waals surface area contributed by atoms with Crippen molar-refractivity contribution in [3.8, 4) is 11.5 Å². The van der Waals surface area contributed by atoms with Crippen LogP contribution >= 0.6 is 11.3 Å². The van der Waals surface area contributed by atoms with Crippen molar-refractivity contribution >= 4 is 34.8 Å². The summed E-state index contributed by atoms with van der Waals surface area (Å²) in [5, 5.41) is 11.0. The van der Waals surface area contributed by atoms with Crippen LogP contribution < -0.4 is 24.4 Å². The first-order valence-electron chi connectivity index (χ1n) is 14.8. The summed E-state index contributed by atoms with van der Waals surface area (Å²) in [5.74, 6) is 0.533. The number of nitrogens with zero attached hydrogens (tertiary/aromatic N) is 3. The molecule has 1 aliphatic heterocycles. The zero-order valence-electron chi connectivity index (χ0n) is 25.5. The Hall–Kier alpha value is -5.81. The average molecular weight is 648 g/mol. The normalized spacial score (nSPS) is 14.3. The number of ether oxygens (including phenoxy) is 3. The molecule has 0 aliphatic carbocycles. The molecule has 4 aromatic carbocycles. The maximum Gasteiger partial charge on any atom is 0.338 e. The van der Waals surface area contributed by atoms with Crippen molar-refractivity contribution in [1.29, 1.82) is 0 Å². The van der Waals surface area contributed by atoms with Crippen LogP contribution in [0.1, 0.15) is 35.2 Å². The van der Waals surface area contributed by atoms with Crippen molar-refractivity contribution in [2.24, 2.45) is 4.99 Å². The summed E-state index contributed by atoms with van der Waals surface area (Å²) in [4.78, 5) is 43.8. The number of methoxy groups -OCH3 is 1. The van der Waals surface area contributed by atoms with Crippen LogP contribution in [0, 0.1) is 10.1 Å². The third-order valence-corrected chi connectivity index (χ3v) is 8.51. The fraction of sp³-hybridized carbons (Fsp3) is 0.139. The predicted octanol–water partition coefficient (Wildman–Crippen LogP) is 5.43. The van der Waals surface area contributed by atoms with Crippen molar-refractivity contribution in [2.45, 2.75) is 19.6 Å². The molecule has 0 saturated heterocycles. The molecule has 11 heteroatoms. The topological polar surface area (TPSA) is 122 Å². The average Bonchev–Trinajstić information content (AvgIpc) is 3.41. The number of non-ortho nitro benzene ring substituents is 1. The van der Waals surface area contributed by atoms with Crippen molar-refractivity contribution in [3.05, 3.63) is 161 Å². The highest BCUT2D eigenvalue weighted by Gasteiger charge is 2.35. The van der Waals surface area contributed by atoms with Gasteiger partial charge >= 0.3 is 5.97 Å². The van der Waals surface area contributed by atoms with E-state index in [2.05, 4.69) is 0 Å². The van der Waals surface area contributed by atoms with Gasteiger partial charge in [0.15, 0.2) is 4.80 Å². The van der Waals surface area contributed by atoms with Gasteiger partial charge in [-0.3, -0.25) is 19.5 Å². The van der Waals surface area contributed by atoms with Gasteiger partial charge in [0.05, 0.1) is 40.5 Å². The second kappa shape index (κ2) is 13.7. The van der Waals surface area contributed by atoms with Gasteiger partial charge in [-0.05, 0) is 54.5 Å². The minimum Gasteiger partial charge on any atom is -0.497 e. The van der Waals surface area contributed by atoms with E-state index in [-0.39, 0.29) is 30.0 Å². The number of benzene rings is 4. The van der Waals surface area contributed by atoms with Crippen LogP contribution in [0.3, 0.4) is 0 Å². The minimum absolute atomic E-state index is 0.00156. The Morgan fingerprint density at radius 3 is 2.47 bits per heavy atom. The summed E-state index contributed by atoms with van der Waals surface area (Å²) in [7, 11) is 1.56. The number of hydrogen-bond acceptors (Lipinski definition) is 9. The number of carbonyl (C=O) groups is 1. The molecule has 0 unspecified atom stereocenters. The summed E-state index contributed by atoms with van der Waals surface area (Å²) in [6, 6.07) is 29.2. The number of fused-ring (bicyclic) bond motifs is 1. The molecule has 0 spiro atoms. The molecule has 1 atom stereocenters. The van der Waals surface area contributed by atoms with Crippen LogP contribution in [-0.2, 0) is 16.1 Å². The van der Waals surface area contributed by atoms with Crippen molar-refractivity contribution in [1.82, 2.24) is 4.57 Å². The van der Waals surface area contributed by atoms with E-state index in [0.717, 1.165) is 5.56 Å². The molecule has 5 aromatic rings. The molecule has 0 saturated carbocycles. The number of para-hydroxylation sites is 1. The van der Waals surface area contributed by atoms with Gasteiger partial charge in [0.25, 0.3) is 11.2 Å². The Labute approximate surface area is 273 Å². The zero-order chi connectivity index (χ0) is 32.9. The number of nitro groups is 1. The number of esters is 1. The number of nitro benzene ring substituents is 1. The zero-order valence-corrected chi connectivity index (χ0v) is 26.3. The van der Waals surface area contributed by atoms with E-state index in [4.69, 9.17) is 19.2 Å². The molecule has 2 heterocycles. The van der Waals surface area contributed by atoms with Gasteiger partial charge in [0.2, 0.25) is 0 Å². The standard InChI is InChI=1S/C36H29N3O7S/c1-3-45-35(41)31-32(24-10-5-4-6-11-24)37-36-38(33(31)26-13-9-14-28(20-26)44-2)34(40)30(47-36)21-25-12-7-8-15-29(25)46-22-23-16-18-27(19-17-23)39(42)43/h4-21,33H,3,22H2,1-2H3/b30-21+/t33-/m0/s1. The number of thiazole rings is 1. The van der Waals surface area contributed by atoms with Gasteiger partial charge in [-0.1, -0.05) is 72.0 Å². The highest BCUT2D eigenvalue weighted by Crippen LogP contribution is 2.36. The van der Waals surface area contributed by atoms with Crippen molar-refractivity contribution < 1.29 is 23.9 Å². The monoisotopic (exact) mass is 647 g/mol. The van der Waals surface area contributed by atoms with Gasteiger partial charge in [0, 0.05) is 23.3 Å². The van der Waals surface area contributed by atoms with Crippen LogP contribution in [0.2, 0.25) is 0 Å². The van der Waals surface area contributed by atoms with E-state index >= 15 is 0 Å². The molecule has 1 aromatic heterocycles. The molecule has 0 bridgehead atoms. The fourth-order valence-electron chi connectivity index (χ4n) is 5.31. The first kappa shape index (κ1) is 31.2. The lowest BCUT2D eigenvalue weighted by Crippen LogP contribution is -2.40. The molecule has 1 aliphatic rings. The van der Waals surface area contributed by atoms with Crippen LogP contribution in [0.4, 0.5) is 5.69 Å². The van der Waals surface area contributed by atoms with E-state index in [9.17, 15) is 19.7 Å². The molecule has 0 fully saturated rings. The van der Waals surface area contributed by atoms with Crippen LogP contribution in [0.25, 0.3) is 11.8 Å². The van der Waals surface area contributed by atoms with E-state index < -0.39 is 16.9 Å². The molecule has 6 rings (SSSR count). The second-order valence-electron chi connectivity index (χ2n) is 10.5. The van der Waals surface area contributed by atoms with E-state index in [1.54, 1.807) is 50.4 Å². The van der Waals surface area contributed by atoms with Gasteiger partial charge in [-0.25, -0.2) is 9.79 Å². The molecular weight excluding hydrogens is 618 g/mol. The smallest absolute Gasteiger partial charge is 0.338 e. The molecule has 0 amide bonds. The number of aromatic nitrogens is 1. The first-order chi connectivity index (χ1) is 22.9. The summed E-state index contributed by atoms with van der Waals surface area (Å²) >= 11 is 1.21. The third kappa shape index (κ3) is 6.47. The van der Waals surface area contributed by atoms with Crippen LogP contribution in [0.15, 0.2) is 118 Å². The highest BCUT2D eigenvalue weighted by atomic mass is 32.1.